The average molecular weight is 425 g/mol. The second kappa shape index (κ2) is 8.73. The molecule has 0 amide bonds. The molecule has 6 unspecified atom stereocenters. The normalized spacial score (nSPS) is 34.5. The Morgan fingerprint density at radius 2 is 1.67 bits per heavy atom. The first kappa shape index (κ1) is 25.6. The van der Waals surface area contributed by atoms with Crippen molar-refractivity contribution in [2.24, 2.45) is 34.0 Å². The summed E-state index contributed by atoms with van der Waals surface area (Å²) in [5.74, 6) is 0.309. The molecular weight excluding hydrogens is 376 g/mol. The van der Waals surface area contributed by atoms with Crippen LogP contribution in [0.5, 0.6) is 0 Å². The van der Waals surface area contributed by atoms with Crippen molar-refractivity contribution in [3.63, 3.8) is 0 Å². The maximum atomic E-state index is 13.2. The number of esters is 1. The minimum absolute atomic E-state index is 0.0486. The van der Waals surface area contributed by atoms with Gasteiger partial charge >= 0.3 is 5.97 Å². The lowest BCUT2D eigenvalue weighted by atomic mass is 9.68. The minimum Gasteiger partial charge on any atom is -0.465 e. The average Bonchev–Trinajstić information content (AvgIpc) is 2.94. The first-order chi connectivity index (χ1) is 13.5. The predicted octanol–water partition coefficient (Wildman–Crippen LogP) is 6.61. The Morgan fingerprint density at radius 3 is 2.13 bits per heavy atom. The minimum atomic E-state index is -0.565. The van der Waals surface area contributed by atoms with Gasteiger partial charge in [-0.2, -0.15) is 0 Å². The van der Waals surface area contributed by atoms with Crippen molar-refractivity contribution in [1.29, 1.82) is 0 Å². The van der Waals surface area contributed by atoms with E-state index >= 15 is 0 Å². The van der Waals surface area contributed by atoms with E-state index in [0.29, 0.717) is 18.4 Å². The van der Waals surface area contributed by atoms with Crippen LogP contribution in [0.25, 0.3) is 0 Å². The lowest BCUT2D eigenvalue weighted by Crippen LogP contribution is -2.44. The summed E-state index contributed by atoms with van der Waals surface area (Å²) in [6, 6.07) is 0. The third-order valence-corrected chi connectivity index (χ3v) is 7.85. The molecule has 1 aliphatic carbocycles. The number of rotatable bonds is 6. The number of hydrogen-bond donors (Lipinski definition) is 0. The van der Waals surface area contributed by atoms with Crippen LogP contribution in [-0.2, 0) is 19.0 Å². The Morgan fingerprint density at radius 1 is 1.07 bits per heavy atom. The van der Waals surface area contributed by atoms with Gasteiger partial charge in [-0.3, -0.25) is 4.79 Å². The largest absolute Gasteiger partial charge is 0.465 e. The van der Waals surface area contributed by atoms with Crippen LogP contribution in [0.2, 0.25) is 0 Å². The molecule has 6 atom stereocenters. The first-order valence-electron chi connectivity index (χ1n) is 12.1. The van der Waals surface area contributed by atoms with Gasteiger partial charge in [0.2, 0.25) is 0 Å². The zero-order valence-electron chi connectivity index (χ0n) is 21.6. The molecule has 176 valence electrons. The SMILES string of the molecule is CCC1C(COC(=O)C(C)(CC(C)(C)C)C(C)C)CCC2OC(C)(C(C)(C)C)OC21. The molecule has 30 heavy (non-hydrogen) atoms. The van der Waals surface area contributed by atoms with Crippen molar-refractivity contribution in [3.05, 3.63) is 0 Å². The predicted molar refractivity (Wildman–Crippen MR) is 122 cm³/mol. The Kier molecular flexibility index (Phi) is 7.46. The second-order valence-corrected chi connectivity index (χ2v) is 12.8. The first-order valence-corrected chi connectivity index (χ1v) is 12.1. The quantitative estimate of drug-likeness (QED) is 0.450. The Labute approximate surface area is 185 Å². The monoisotopic (exact) mass is 424 g/mol. The van der Waals surface area contributed by atoms with Crippen LogP contribution in [0.1, 0.15) is 102 Å². The summed E-state index contributed by atoms with van der Waals surface area (Å²) in [6.07, 6.45) is 4.06. The van der Waals surface area contributed by atoms with Gasteiger partial charge in [-0.15, -0.1) is 0 Å². The molecule has 2 fully saturated rings. The highest BCUT2D eigenvalue weighted by Gasteiger charge is 2.55. The molecule has 1 heterocycles. The van der Waals surface area contributed by atoms with Crippen molar-refractivity contribution in [2.45, 2.75) is 120 Å². The second-order valence-electron chi connectivity index (χ2n) is 12.8. The summed E-state index contributed by atoms with van der Waals surface area (Å²) in [6.45, 7) is 24.2. The highest BCUT2D eigenvalue weighted by atomic mass is 16.8. The number of ether oxygens (including phenoxy) is 3. The van der Waals surface area contributed by atoms with Crippen molar-refractivity contribution in [2.75, 3.05) is 6.61 Å². The number of hydrogen-bond acceptors (Lipinski definition) is 4. The van der Waals surface area contributed by atoms with E-state index in [2.05, 4.69) is 76.2 Å². The highest BCUT2D eigenvalue weighted by molar-refractivity contribution is 5.76. The molecule has 1 saturated heterocycles. The van der Waals surface area contributed by atoms with E-state index in [-0.39, 0.29) is 34.9 Å². The smallest absolute Gasteiger partial charge is 0.312 e. The molecule has 2 rings (SSSR count). The molecule has 2 aliphatic rings. The summed E-state index contributed by atoms with van der Waals surface area (Å²) in [5, 5.41) is 0. The number of carbonyl (C=O) groups excluding carboxylic acids is 1. The van der Waals surface area contributed by atoms with E-state index in [1.165, 1.54) is 0 Å². The van der Waals surface area contributed by atoms with Crippen molar-refractivity contribution in [1.82, 2.24) is 0 Å². The standard InChI is InChI=1S/C26H48O4/c1-12-19-18(13-14-20-21(19)30-26(11,29-20)24(7,8)9)15-28-22(27)25(10,17(2)3)16-23(4,5)6/h17-21H,12-16H2,1-11H3. The molecule has 0 aromatic heterocycles. The summed E-state index contributed by atoms with van der Waals surface area (Å²) >= 11 is 0. The third kappa shape index (κ3) is 5.23. The van der Waals surface area contributed by atoms with Crippen molar-refractivity contribution in [3.8, 4) is 0 Å². The fourth-order valence-electron chi connectivity index (χ4n) is 5.25. The van der Waals surface area contributed by atoms with Crippen LogP contribution in [0.4, 0.5) is 0 Å². The lowest BCUT2D eigenvalue weighted by molar-refractivity contribution is -0.226. The highest BCUT2D eigenvalue weighted by Crippen LogP contribution is 2.49. The maximum absolute atomic E-state index is 13.2. The van der Waals surface area contributed by atoms with E-state index in [1.54, 1.807) is 0 Å². The van der Waals surface area contributed by atoms with Crippen LogP contribution in [0.15, 0.2) is 0 Å². The van der Waals surface area contributed by atoms with Gasteiger partial charge in [-0.25, -0.2) is 0 Å². The molecule has 0 spiro atoms. The Balaban J connectivity index is 2.08. The lowest BCUT2D eigenvalue weighted by Gasteiger charge is -2.40. The van der Waals surface area contributed by atoms with Crippen molar-refractivity contribution < 1.29 is 19.0 Å². The zero-order chi connectivity index (χ0) is 23.1. The summed E-state index contributed by atoms with van der Waals surface area (Å²) < 4.78 is 19.0. The van der Waals surface area contributed by atoms with Gasteiger partial charge in [0, 0.05) is 5.41 Å². The fourth-order valence-corrected chi connectivity index (χ4v) is 5.25. The molecular formula is C26H48O4. The number of fused-ring (bicyclic) bond motifs is 1. The molecule has 0 aromatic carbocycles. The number of carbonyl (C=O) groups is 1. The van der Waals surface area contributed by atoms with Gasteiger partial charge in [0.05, 0.1) is 24.2 Å². The van der Waals surface area contributed by atoms with Gasteiger partial charge in [-0.1, -0.05) is 68.7 Å². The van der Waals surface area contributed by atoms with E-state index < -0.39 is 11.2 Å². The Bertz CT molecular complexity index is 599. The maximum Gasteiger partial charge on any atom is 0.312 e. The van der Waals surface area contributed by atoms with Crippen LogP contribution < -0.4 is 0 Å². The molecule has 0 aromatic rings. The van der Waals surface area contributed by atoms with Gasteiger partial charge in [0.1, 0.15) is 0 Å². The van der Waals surface area contributed by atoms with E-state index in [1.807, 2.05) is 0 Å². The van der Waals surface area contributed by atoms with Gasteiger partial charge in [-0.05, 0) is 56.3 Å². The molecule has 1 aliphatic heterocycles. The zero-order valence-corrected chi connectivity index (χ0v) is 21.6. The Hall–Kier alpha value is -0.610. The van der Waals surface area contributed by atoms with E-state index in [9.17, 15) is 4.79 Å². The third-order valence-electron chi connectivity index (χ3n) is 7.85. The van der Waals surface area contributed by atoms with Gasteiger partial charge in [0.25, 0.3) is 0 Å². The molecule has 0 radical (unpaired) electrons. The summed E-state index contributed by atoms with van der Waals surface area (Å²) in [7, 11) is 0. The van der Waals surface area contributed by atoms with Crippen LogP contribution in [-0.4, -0.2) is 30.6 Å². The van der Waals surface area contributed by atoms with Gasteiger partial charge < -0.3 is 14.2 Å². The van der Waals surface area contributed by atoms with E-state index in [0.717, 1.165) is 25.7 Å². The van der Waals surface area contributed by atoms with Crippen LogP contribution >= 0.6 is 0 Å². The van der Waals surface area contributed by atoms with Crippen LogP contribution in [0.3, 0.4) is 0 Å². The molecule has 0 bridgehead atoms. The summed E-state index contributed by atoms with van der Waals surface area (Å²) in [4.78, 5) is 13.2. The van der Waals surface area contributed by atoms with Gasteiger partial charge in [0.15, 0.2) is 5.79 Å². The molecule has 0 N–H and O–H groups in total. The van der Waals surface area contributed by atoms with Crippen molar-refractivity contribution >= 4 is 5.97 Å². The fraction of sp³-hybridized carbons (Fsp3) is 0.962. The molecule has 4 heteroatoms. The van der Waals surface area contributed by atoms with Crippen LogP contribution in [0, 0.1) is 34.0 Å². The topological polar surface area (TPSA) is 44.8 Å². The molecule has 1 saturated carbocycles. The van der Waals surface area contributed by atoms with E-state index in [4.69, 9.17) is 14.2 Å². The molecule has 4 nitrogen and oxygen atoms in total. The summed E-state index contributed by atoms with van der Waals surface area (Å²) in [5.41, 5.74) is -0.472.